The molecule has 0 bridgehead atoms. The van der Waals surface area contributed by atoms with Crippen LogP contribution in [0.15, 0.2) is 133 Å². The zero-order chi connectivity index (χ0) is 62.7. The summed E-state index contributed by atoms with van der Waals surface area (Å²) >= 11 is 2.91. The van der Waals surface area contributed by atoms with Gasteiger partial charge >= 0.3 is 23.9 Å². The van der Waals surface area contributed by atoms with Gasteiger partial charge in [-0.15, -0.1) is 22.7 Å². The predicted octanol–water partition coefficient (Wildman–Crippen LogP) is 7.98. The summed E-state index contributed by atoms with van der Waals surface area (Å²) in [7, 11) is 0. The fraction of sp³-hybridized carbons (Fsp3) is 0.281. The molecule has 6 aromatic carbocycles. The SMILES string of the molecule is CCO.CCO.O.O.O.O=C(O)C(=O)O.O=C(O)C(=O)O.O=C(c1ccc(OCCN2CCCCC2)cc1)c1c(-c2ccc(O)cc2)sc2cc(O)ccc12.O=C(c1ccc(OCCN2CCCCC2)cc1)c1c(-c2ccc(O)cc2)sc2cc(O)ccc12. The summed E-state index contributed by atoms with van der Waals surface area (Å²) in [6.07, 6.45) is 7.70. The van der Waals surface area contributed by atoms with E-state index >= 15 is 0 Å². The molecule has 0 spiro atoms. The van der Waals surface area contributed by atoms with Crippen molar-refractivity contribution < 1.29 is 106 Å². The lowest BCUT2D eigenvalue weighted by Gasteiger charge is -2.26. The lowest BCUT2D eigenvalue weighted by atomic mass is 9.97. The van der Waals surface area contributed by atoms with E-state index in [-0.39, 0.29) is 64.2 Å². The number of aliphatic hydroxyl groups is 2. The van der Waals surface area contributed by atoms with E-state index in [2.05, 4.69) is 9.80 Å². The molecule has 25 heteroatoms. The van der Waals surface area contributed by atoms with Crippen molar-refractivity contribution in [1.29, 1.82) is 0 Å². The number of carboxylic acid groups (broad SMARTS) is 4. The van der Waals surface area contributed by atoms with E-state index in [1.54, 1.807) is 98.8 Å². The van der Waals surface area contributed by atoms with Gasteiger partial charge in [0.15, 0.2) is 11.6 Å². The van der Waals surface area contributed by atoms with Crippen LogP contribution in [0.2, 0.25) is 0 Å². The maximum atomic E-state index is 13.6. The van der Waals surface area contributed by atoms with Crippen LogP contribution in [0.25, 0.3) is 41.1 Å². The molecule has 480 valence electrons. The first-order chi connectivity index (χ1) is 41.3. The monoisotopic (exact) mass is 1270 g/mol. The van der Waals surface area contributed by atoms with Crippen LogP contribution in [-0.4, -0.2) is 178 Å². The van der Waals surface area contributed by atoms with Crippen molar-refractivity contribution in [3.8, 4) is 55.4 Å². The van der Waals surface area contributed by atoms with E-state index in [1.165, 1.54) is 61.2 Å². The second-order valence-electron chi connectivity index (χ2n) is 19.1. The number of ether oxygens (including phenoxy) is 2. The number of rotatable bonds is 14. The maximum Gasteiger partial charge on any atom is 0.414 e. The van der Waals surface area contributed by atoms with Crippen molar-refractivity contribution in [2.45, 2.75) is 52.4 Å². The number of aliphatic hydroxyl groups excluding tert-OH is 2. The standard InChI is InChI=1S/2C28H27NO4S.2C2H2O4.2C2H6O.3H2O/c2*30-21-8-4-20(5-9-21)28-26(24-13-10-22(31)18-25(24)34-28)27(32)19-6-11-23(12-7-19)33-17-16-29-14-2-1-3-15-29;2*3-1(4)2(5)6;2*1-2-3;;;/h2*4-13,18,30-31H,1-3,14-17H2;2*(H,3,4)(H,5,6);2*3H,2H2,1H3;3*1H2. The van der Waals surface area contributed by atoms with E-state index in [0.717, 1.165) is 91.8 Å². The van der Waals surface area contributed by atoms with Gasteiger partial charge < -0.3 is 77.0 Å². The molecule has 0 aliphatic carbocycles. The number of aromatic hydroxyl groups is 4. The van der Waals surface area contributed by atoms with E-state index in [0.29, 0.717) is 35.5 Å². The van der Waals surface area contributed by atoms with E-state index in [9.17, 15) is 30.0 Å². The van der Waals surface area contributed by atoms with Gasteiger partial charge in [0, 0.05) is 78.5 Å². The molecule has 23 nitrogen and oxygen atoms in total. The molecule has 8 aromatic rings. The maximum absolute atomic E-state index is 13.6. The molecule has 2 aliphatic rings. The van der Waals surface area contributed by atoms with Crippen LogP contribution >= 0.6 is 22.7 Å². The molecule has 2 fully saturated rings. The predicted molar refractivity (Wildman–Crippen MR) is 339 cm³/mol. The van der Waals surface area contributed by atoms with Gasteiger partial charge in [-0.25, -0.2) is 19.2 Å². The molecule has 0 radical (unpaired) electrons. The number of thiophene rings is 2. The number of benzene rings is 6. The third kappa shape index (κ3) is 23.5. The number of hydrogen-bond acceptors (Lipinski definition) is 18. The molecule has 16 N–H and O–H groups in total. The fourth-order valence-electron chi connectivity index (χ4n) is 8.90. The summed E-state index contributed by atoms with van der Waals surface area (Å²) in [4.78, 5) is 70.2. The van der Waals surface area contributed by atoms with Crippen molar-refractivity contribution in [3.05, 3.63) is 156 Å². The van der Waals surface area contributed by atoms with Gasteiger partial charge in [-0.05, 0) is 210 Å². The Morgan fingerprint density at radius 2 is 0.697 bits per heavy atom. The zero-order valence-electron chi connectivity index (χ0n) is 49.0. The highest BCUT2D eigenvalue weighted by Crippen LogP contribution is 2.43. The number of hydrogen-bond donors (Lipinski definition) is 10. The van der Waals surface area contributed by atoms with Crippen molar-refractivity contribution in [3.63, 3.8) is 0 Å². The van der Waals surface area contributed by atoms with Crippen LogP contribution in [0, 0.1) is 0 Å². The Kier molecular flexibility index (Phi) is 33.3. The fourth-order valence-corrected chi connectivity index (χ4v) is 11.4. The van der Waals surface area contributed by atoms with Gasteiger partial charge in [-0.1, -0.05) is 12.8 Å². The van der Waals surface area contributed by atoms with E-state index in [4.69, 9.17) is 59.3 Å². The molecule has 4 heterocycles. The first kappa shape index (κ1) is 76.1. The van der Waals surface area contributed by atoms with Gasteiger partial charge in [0.05, 0.1) is 0 Å². The van der Waals surface area contributed by atoms with Crippen LogP contribution < -0.4 is 9.47 Å². The largest absolute Gasteiger partial charge is 0.508 e. The van der Waals surface area contributed by atoms with Crippen molar-refractivity contribution in [2.75, 3.05) is 65.7 Å². The minimum atomic E-state index is -1.82. The Labute approximate surface area is 520 Å². The Bertz CT molecular complexity index is 3230. The third-order valence-electron chi connectivity index (χ3n) is 12.9. The second-order valence-corrected chi connectivity index (χ2v) is 21.2. The summed E-state index contributed by atoms with van der Waals surface area (Å²) in [6.45, 7) is 11.6. The number of aliphatic carboxylic acids is 4. The molecule has 2 saturated heterocycles. The van der Waals surface area contributed by atoms with Gasteiger partial charge in [-0.2, -0.15) is 0 Å². The minimum Gasteiger partial charge on any atom is -0.508 e. The van der Waals surface area contributed by atoms with E-state index < -0.39 is 23.9 Å². The molecule has 0 atom stereocenters. The first-order valence-electron chi connectivity index (χ1n) is 27.5. The Balaban J connectivity index is 0.000000465. The van der Waals surface area contributed by atoms with Crippen LogP contribution in [-0.2, 0) is 19.2 Å². The highest BCUT2D eigenvalue weighted by atomic mass is 32.1. The highest BCUT2D eigenvalue weighted by Gasteiger charge is 2.24. The number of carbonyl (C=O) groups is 6. The number of nitrogens with zero attached hydrogens (tertiary/aromatic N) is 2. The lowest BCUT2D eigenvalue weighted by Crippen LogP contribution is -2.33. The topological polar surface area (TPSA) is 424 Å². The number of piperidine rings is 2. The molecule has 0 amide bonds. The minimum absolute atomic E-state index is 0. The normalized spacial score (nSPS) is 12.4. The van der Waals surface area contributed by atoms with Crippen LogP contribution in [0.3, 0.4) is 0 Å². The molecule has 89 heavy (non-hydrogen) atoms. The second kappa shape index (κ2) is 39.0. The molecule has 10 rings (SSSR count). The number of ketones is 2. The molecular formula is C64H76N2O21S2. The van der Waals surface area contributed by atoms with Gasteiger partial charge in [0.25, 0.3) is 0 Å². The molecule has 2 aliphatic heterocycles. The molecule has 0 unspecified atom stereocenters. The number of phenolic OH excluding ortho intramolecular Hbond substituents is 4. The average molecular weight is 1270 g/mol. The lowest BCUT2D eigenvalue weighted by molar-refractivity contribution is -0.159. The van der Waals surface area contributed by atoms with Crippen LogP contribution in [0.5, 0.6) is 34.5 Å². The number of carbonyl (C=O) groups excluding carboxylic acids is 2. The zero-order valence-corrected chi connectivity index (χ0v) is 50.6. The number of phenols is 4. The quantitative estimate of drug-likeness (QED) is 0.0364. The summed E-state index contributed by atoms with van der Waals surface area (Å²) in [6, 6.07) is 38.4. The third-order valence-corrected chi connectivity index (χ3v) is 15.3. The summed E-state index contributed by atoms with van der Waals surface area (Å²) < 4.78 is 13.5. The highest BCUT2D eigenvalue weighted by molar-refractivity contribution is 7.23. The Hall–Kier alpha value is -9.02. The molecule has 2 aromatic heterocycles. The number of carboxylic acids is 4. The average Bonchev–Trinajstić information content (AvgIpc) is 1.93. The Morgan fingerprint density at radius 1 is 0.416 bits per heavy atom. The van der Waals surface area contributed by atoms with Crippen LogP contribution in [0.1, 0.15) is 84.2 Å². The summed E-state index contributed by atoms with van der Waals surface area (Å²) in [5.41, 5.74) is 4.06. The Morgan fingerprint density at radius 3 is 0.978 bits per heavy atom. The van der Waals surface area contributed by atoms with Crippen LogP contribution in [0.4, 0.5) is 0 Å². The van der Waals surface area contributed by atoms with Gasteiger partial charge in [0.1, 0.15) is 47.7 Å². The first-order valence-corrected chi connectivity index (χ1v) is 29.2. The summed E-state index contributed by atoms with van der Waals surface area (Å²) in [5, 5.41) is 85.6. The van der Waals surface area contributed by atoms with Crippen molar-refractivity contribution in [1.82, 2.24) is 9.80 Å². The van der Waals surface area contributed by atoms with E-state index in [1.807, 2.05) is 48.5 Å². The summed E-state index contributed by atoms with van der Waals surface area (Å²) in [5.74, 6) is -5.28. The number of likely N-dealkylation sites (tertiary alicyclic amines) is 2. The number of fused-ring (bicyclic) bond motifs is 2. The van der Waals surface area contributed by atoms with Crippen molar-refractivity contribution in [2.24, 2.45) is 0 Å². The smallest absolute Gasteiger partial charge is 0.414 e. The van der Waals surface area contributed by atoms with Crippen molar-refractivity contribution >= 4 is 78.3 Å². The molecular weight excluding hydrogens is 1200 g/mol. The van der Waals surface area contributed by atoms with Gasteiger partial charge in [-0.3, -0.25) is 19.4 Å². The molecule has 0 saturated carbocycles. The van der Waals surface area contributed by atoms with Gasteiger partial charge in [0.2, 0.25) is 0 Å².